The van der Waals surface area contributed by atoms with E-state index in [1.807, 2.05) is 0 Å². The summed E-state index contributed by atoms with van der Waals surface area (Å²) in [5.41, 5.74) is 0.324. The molecule has 0 unspecified atom stereocenters. The molecule has 9 heteroatoms. The SMILES string of the molecule is COc1ccc([N+](=O)[O-])cc1NC(=O)[C@H](C(C)C)N1C(=O)c2ccccc2C1=O. The fourth-order valence-corrected chi connectivity index (χ4v) is 3.29. The van der Waals surface area contributed by atoms with E-state index in [-0.39, 0.29) is 28.3 Å². The van der Waals surface area contributed by atoms with Gasteiger partial charge in [-0.2, -0.15) is 0 Å². The molecule has 1 heterocycles. The number of rotatable bonds is 6. The second kappa shape index (κ2) is 7.70. The minimum atomic E-state index is -1.11. The van der Waals surface area contributed by atoms with Gasteiger partial charge in [0.2, 0.25) is 5.91 Å². The lowest BCUT2D eigenvalue weighted by atomic mass is 10.0. The molecule has 29 heavy (non-hydrogen) atoms. The summed E-state index contributed by atoms with van der Waals surface area (Å²) in [5.74, 6) is -1.93. The van der Waals surface area contributed by atoms with Crippen LogP contribution in [-0.2, 0) is 4.79 Å². The highest BCUT2D eigenvalue weighted by Gasteiger charge is 2.44. The number of hydrogen-bond acceptors (Lipinski definition) is 6. The van der Waals surface area contributed by atoms with E-state index in [0.29, 0.717) is 0 Å². The molecule has 1 atom stereocenters. The van der Waals surface area contributed by atoms with Crippen molar-refractivity contribution in [1.29, 1.82) is 0 Å². The van der Waals surface area contributed by atoms with E-state index >= 15 is 0 Å². The van der Waals surface area contributed by atoms with E-state index < -0.39 is 34.6 Å². The number of nitrogens with zero attached hydrogens (tertiary/aromatic N) is 2. The molecule has 0 saturated carbocycles. The fourth-order valence-electron chi connectivity index (χ4n) is 3.29. The molecule has 0 spiro atoms. The molecular weight excluding hydrogens is 378 g/mol. The minimum Gasteiger partial charge on any atom is -0.495 e. The first-order valence-electron chi connectivity index (χ1n) is 8.86. The number of nitrogens with one attached hydrogen (secondary N) is 1. The van der Waals surface area contributed by atoms with Crippen molar-refractivity contribution in [2.45, 2.75) is 19.9 Å². The van der Waals surface area contributed by atoms with Gasteiger partial charge in [0.25, 0.3) is 17.5 Å². The van der Waals surface area contributed by atoms with Crippen LogP contribution >= 0.6 is 0 Å². The number of carbonyl (C=O) groups excluding carboxylic acids is 3. The van der Waals surface area contributed by atoms with Crippen molar-refractivity contribution in [2.75, 3.05) is 12.4 Å². The first-order chi connectivity index (χ1) is 13.8. The van der Waals surface area contributed by atoms with Gasteiger partial charge in [-0.1, -0.05) is 26.0 Å². The number of methoxy groups -OCH3 is 1. The largest absolute Gasteiger partial charge is 0.495 e. The van der Waals surface area contributed by atoms with Crippen LogP contribution < -0.4 is 10.1 Å². The number of carbonyl (C=O) groups is 3. The van der Waals surface area contributed by atoms with Crippen LogP contribution in [0, 0.1) is 16.0 Å². The van der Waals surface area contributed by atoms with E-state index in [1.165, 1.54) is 31.4 Å². The zero-order valence-electron chi connectivity index (χ0n) is 16.0. The molecule has 2 aromatic carbocycles. The van der Waals surface area contributed by atoms with Crippen LogP contribution in [-0.4, -0.2) is 40.7 Å². The zero-order chi connectivity index (χ0) is 21.3. The van der Waals surface area contributed by atoms with E-state index in [2.05, 4.69) is 5.32 Å². The van der Waals surface area contributed by atoms with Gasteiger partial charge in [-0.15, -0.1) is 0 Å². The molecule has 0 saturated heterocycles. The molecule has 3 amide bonds. The monoisotopic (exact) mass is 397 g/mol. The molecular formula is C20H19N3O6. The molecule has 0 bridgehead atoms. The van der Waals surface area contributed by atoms with Gasteiger partial charge < -0.3 is 10.1 Å². The van der Waals surface area contributed by atoms with Crippen molar-refractivity contribution >= 4 is 29.1 Å². The lowest BCUT2D eigenvalue weighted by Crippen LogP contribution is -2.50. The van der Waals surface area contributed by atoms with Crippen molar-refractivity contribution in [3.8, 4) is 5.75 Å². The Balaban J connectivity index is 1.95. The maximum atomic E-state index is 13.0. The Kier molecular flexibility index (Phi) is 5.31. The number of imide groups is 1. The molecule has 3 rings (SSSR count). The molecule has 0 radical (unpaired) electrons. The highest BCUT2D eigenvalue weighted by Crippen LogP contribution is 2.31. The van der Waals surface area contributed by atoms with Gasteiger partial charge in [0.1, 0.15) is 11.8 Å². The number of non-ortho nitro benzene ring substituents is 1. The Morgan fingerprint density at radius 1 is 1.10 bits per heavy atom. The predicted molar refractivity (Wildman–Crippen MR) is 104 cm³/mol. The lowest BCUT2D eigenvalue weighted by Gasteiger charge is -2.28. The maximum absolute atomic E-state index is 13.0. The molecule has 9 nitrogen and oxygen atoms in total. The second-order valence-electron chi connectivity index (χ2n) is 6.85. The topological polar surface area (TPSA) is 119 Å². The summed E-state index contributed by atoms with van der Waals surface area (Å²) in [6, 6.07) is 9.03. The van der Waals surface area contributed by atoms with Gasteiger partial charge >= 0.3 is 0 Å². The van der Waals surface area contributed by atoms with Gasteiger partial charge in [-0.05, 0) is 24.1 Å². The Morgan fingerprint density at radius 3 is 2.17 bits per heavy atom. The van der Waals surface area contributed by atoms with E-state index in [0.717, 1.165) is 11.0 Å². The summed E-state index contributed by atoms with van der Waals surface area (Å²) in [7, 11) is 1.36. The van der Waals surface area contributed by atoms with Crippen molar-refractivity contribution < 1.29 is 24.0 Å². The summed E-state index contributed by atoms with van der Waals surface area (Å²) in [6.07, 6.45) is 0. The minimum absolute atomic E-state index is 0.0777. The van der Waals surface area contributed by atoms with Crippen LogP contribution in [0.2, 0.25) is 0 Å². The highest BCUT2D eigenvalue weighted by molar-refractivity contribution is 6.23. The quantitative estimate of drug-likeness (QED) is 0.455. The third kappa shape index (κ3) is 3.54. The third-order valence-corrected chi connectivity index (χ3v) is 4.66. The average molecular weight is 397 g/mol. The first-order valence-corrected chi connectivity index (χ1v) is 8.86. The zero-order valence-corrected chi connectivity index (χ0v) is 16.0. The highest BCUT2D eigenvalue weighted by atomic mass is 16.6. The number of nitro groups is 1. The number of fused-ring (bicyclic) bond motifs is 1. The van der Waals surface area contributed by atoms with Gasteiger partial charge in [-0.25, -0.2) is 0 Å². The normalized spacial score (nSPS) is 14.0. The Morgan fingerprint density at radius 2 is 1.69 bits per heavy atom. The first kappa shape index (κ1) is 20.0. The van der Waals surface area contributed by atoms with Gasteiger partial charge in [-0.3, -0.25) is 29.4 Å². The smallest absolute Gasteiger partial charge is 0.271 e. The number of anilines is 1. The Hall–Kier alpha value is -3.75. The number of ether oxygens (including phenoxy) is 1. The number of benzene rings is 2. The lowest BCUT2D eigenvalue weighted by molar-refractivity contribution is -0.384. The van der Waals surface area contributed by atoms with Crippen LogP contribution in [0.4, 0.5) is 11.4 Å². The summed E-state index contributed by atoms with van der Waals surface area (Å²) in [4.78, 5) is 50.0. The standard InChI is InChI=1S/C20H19N3O6/c1-11(2)17(22-19(25)13-6-4-5-7-14(13)20(22)26)18(24)21-15-10-12(23(27)28)8-9-16(15)29-3/h4-11,17H,1-3H3,(H,21,24)/t17-/m0/s1. The second-order valence-corrected chi connectivity index (χ2v) is 6.85. The summed E-state index contributed by atoms with van der Waals surface area (Å²) >= 11 is 0. The van der Waals surface area contributed by atoms with Gasteiger partial charge in [0, 0.05) is 12.1 Å². The van der Waals surface area contributed by atoms with Crippen LogP contribution in [0.1, 0.15) is 34.6 Å². The predicted octanol–water partition coefficient (Wildman–Crippen LogP) is 2.86. The summed E-state index contributed by atoms with van der Waals surface area (Å²) < 4.78 is 5.15. The number of amides is 3. The van der Waals surface area contributed by atoms with Crippen molar-refractivity contribution in [3.63, 3.8) is 0 Å². The van der Waals surface area contributed by atoms with Gasteiger partial charge in [0.05, 0.1) is 28.8 Å². The van der Waals surface area contributed by atoms with E-state index in [4.69, 9.17) is 4.74 Å². The summed E-state index contributed by atoms with van der Waals surface area (Å²) in [5, 5.41) is 13.6. The summed E-state index contributed by atoms with van der Waals surface area (Å²) in [6.45, 7) is 3.41. The fraction of sp³-hybridized carbons (Fsp3) is 0.250. The number of hydrogen-bond donors (Lipinski definition) is 1. The van der Waals surface area contributed by atoms with Crippen LogP contribution in [0.5, 0.6) is 5.75 Å². The Labute approximate surface area is 166 Å². The van der Waals surface area contributed by atoms with Crippen molar-refractivity contribution in [1.82, 2.24) is 4.90 Å². The average Bonchev–Trinajstić information content (AvgIpc) is 2.93. The molecule has 0 fully saturated rings. The molecule has 1 aliphatic heterocycles. The number of nitro benzene ring substituents is 1. The van der Waals surface area contributed by atoms with Crippen LogP contribution in [0.3, 0.4) is 0 Å². The Bertz CT molecular complexity index is 982. The van der Waals surface area contributed by atoms with Crippen LogP contribution in [0.15, 0.2) is 42.5 Å². The molecule has 150 valence electrons. The molecule has 1 N–H and O–H groups in total. The van der Waals surface area contributed by atoms with Crippen molar-refractivity contribution in [2.24, 2.45) is 5.92 Å². The molecule has 0 aliphatic carbocycles. The van der Waals surface area contributed by atoms with E-state index in [1.54, 1.807) is 26.0 Å². The molecule has 2 aromatic rings. The third-order valence-electron chi connectivity index (χ3n) is 4.66. The maximum Gasteiger partial charge on any atom is 0.271 e. The van der Waals surface area contributed by atoms with Crippen LogP contribution in [0.25, 0.3) is 0 Å². The van der Waals surface area contributed by atoms with Gasteiger partial charge in [0.15, 0.2) is 0 Å². The molecule has 1 aliphatic rings. The molecule has 0 aromatic heterocycles. The van der Waals surface area contributed by atoms with E-state index in [9.17, 15) is 24.5 Å². The van der Waals surface area contributed by atoms with Crippen molar-refractivity contribution in [3.05, 3.63) is 63.7 Å².